The first kappa shape index (κ1) is 16.6. The van der Waals surface area contributed by atoms with E-state index in [0.717, 1.165) is 5.56 Å². The van der Waals surface area contributed by atoms with Crippen LogP contribution in [-0.2, 0) is 4.79 Å². The Morgan fingerprint density at radius 1 is 1.21 bits per heavy atom. The summed E-state index contributed by atoms with van der Waals surface area (Å²) in [4.78, 5) is 14.7. The minimum Gasteiger partial charge on any atom is -0.333 e. The van der Waals surface area contributed by atoms with Crippen molar-refractivity contribution in [2.45, 2.75) is 18.9 Å². The van der Waals surface area contributed by atoms with Crippen LogP contribution in [0.4, 0.5) is 8.78 Å². The highest BCUT2D eigenvalue weighted by Crippen LogP contribution is 2.28. The third-order valence-electron chi connectivity index (χ3n) is 4.50. The summed E-state index contributed by atoms with van der Waals surface area (Å²) in [7, 11) is 0. The van der Waals surface area contributed by atoms with Crippen molar-refractivity contribution in [1.82, 2.24) is 10.2 Å². The Hall–Kier alpha value is -2.27. The average Bonchev–Trinajstić information content (AvgIpc) is 2.61. The molecule has 0 radical (unpaired) electrons. The highest BCUT2D eigenvalue weighted by Gasteiger charge is 2.32. The third-order valence-corrected chi connectivity index (χ3v) is 4.50. The SMILES string of the molecule is CC(C(=O)N1CCNCC1c1cccc(F)c1)c1ccccc1F. The maximum absolute atomic E-state index is 14.0. The van der Waals surface area contributed by atoms with E-state index >= 15 is 0 Å². The van der Waals surface area contributed by atoms with E-state index in [2.05, 4.69) is 5.32 Å². The molecule has 24 heavy (non-hydrogen) atoms. The van der Waals surface area contributed by atoms with Gasteiger partial charge in [-0.15, -0.1) is 0 Å². The van der Waals surface area contributed by atoms with Crippen molar-refractivity contribution in [3.63, 3.8) is 0 Å². The number of carbonyl (C=O) groups excluding carboxylic acids is 1. The van der Waals surface area contributed by atoms with Gasteiger partial charge in [0.1, 0.15) is 11.6 Å². The van der Waals surface area contributed by atoms with Crippen LogP contribution in [0.5, 0.6) is 0 Å². The Labute approximate surface area is 140 Å². The van der Waals surface area contributed by atoms with Gasteiger partial charge in [0.15, 0.2) is 0 Å². The largest absolute Gasteiger partial charge is 0.333 e. The highest BCUT2D eigenvalue weighted by molar-refractivity contribution is 5.84. The second-order valence-electron chi connectivity index (χ2n) is 6.05. The van der Waals surface area contributed by atoms with E-state index in [1.165, 1.54) is 18.2 Å². The predicted molar refractivity (Wildman–Crippen MR) is 88.5 cm³/mol. The van der Waals surface area contributed by atoms with Crippen LogP contribution in [0.3, 0.4) is 0 Å². The van der Waals surface area contributed by atoms with Gasteiger partial charge in [0.05, 0.1) is 12.0 Å². The third kappa shape index (κ3) is 3.31. The van der Waals surface area contributed by atoms with Crippen molar-refractivity contribution in [3.05, 3.63) is 71.3 Å². The summed E-state index contributed by atoms with van der Waals surface area (Å²) in [5, 5.41) is 3.24. The van der Waals surface area contributed by atoms with Crippen LogP contribution in [0.1, 0.15) is 30.0 Å². The molecule has 1 heterocycles. The maximum Gasteiger partial charge on any atom is 0.230 e. The zero-order valence-corrected chi connectivity index (χ0v) is 13.5. The molecule has 0 aromatic heterocycles. The minimum absolute atomic E-state index is 0.143. The molecule has 126 valence electrons. The Morgan fingerprint density at radius 2 is 2.00 bits per heavy atom. The fourth-order valence-corrected chi connectivity index (χ4v) is 3.19. The molecule has 0 spiro atoms. The lowest BCUT2D eigenvalue weighted by Crippen LogP contribution is -2.49. The summed E-state index contributed by atoms with van der Waals surface area (Å²) in [6.45, 7) is 3.45. The monoisotopic (exact) mass is 330 g/mol. The fourth-order valence-electron chi connectivity index (χ4n) is 3.19. The molecule has 2 unspecified atom stereocenters. The molecule has 1 N–H and O–H groups in total. The normalized spacial score (nSPS) is 19.1. The maximum atomic E-state index is 14.0. The quantitative estimate of drug-likeness (QED) is 0.937. The van der Waals surface area contributed by atoms with Crippen molar-refractivity contribution in [3.8, 4) is 0 Å². The van der Waals surface area contributed by atoms with Crippen molar-refractivity contribution < 1.29 is 13.6 Å². The van der Waals surface area contributed by atoms with E-state index in [1.807, 2.05) is 6.07 Å². The topological polar surface area (TPSA) is 32.3 Å². The van der Waals surface area contributed by atoms with Crippen molar-refractivity contribution in [2.24, 2.45) is 0 Å². The van der Waals surface area contributed by atoms with E-state index in [-0.39, 0.29) is 23.6 Å². The molecule has 1 fully saturated rings. The van der Waals surface area contributed by atoms with E-state index in [1.54, 1.807) is 36.1 Å². The molecule has 0 saturated carbocycles. The second-order valence-corrected chi connectivity index (χ2v) is 6.05. The second kappa shape index (κ2) is 7.09. The minimum atomic E-state index is -0.583. The van der Waals surface area contributed by atoms with Crippen molar-refractivity contribution >= 4 is 5.91 Å². The lowest BCUT2D eigenvalue weighted by atomic mass is 9.96. The van der Waals surface area contributed by atoms with Gasteiger partial charge in [-0.2, -0.15) is 0 Å². The van der Waals surface area contributed by atoms with Gasteiger partial charge in [-0.1, -0.05) is 30.3 Å². The molecule has 1 amide bonds. The van der Waals surface area contributed by atoms with Crippen molar-refractivity contribution in [1.29, 1.82) is 0 Å². The van der Waals surface area contributed by atoms with Crippen molar-refractivity contribution in [2.75, 3.05) is 19.6 Å². The highest BCUT2D eigenvalue weighted by atomic mass is 19.1. The molecular formula is C19H20F2N2O. The molecule has 1 aliphatic heterocycles. The van der Waals surface area contributed by atoms with Gasteiger partial charge in [0.2, 0.25) is 5.91 Å². The number of piperazine rings is 1. The lowest BCUT2D eigenvalue weighted by molar-refractivity contribution is -0.135. The number of rotatable bonds is 3. The molecule has 5 heteroatoms. The summed E-state index contributed by atoms with van der Waals surface area (Å²) in [6, 6.07) is 12.4. The van der Waals surface area contributed by atoms with Gasteiger partial charge >= 0.3 is 0 Å². The fraction of sp³-hybridized carbons (Fsp3) is 0.316. The van der Waals surface area contributed by atoms with Gasteiger partial charge in [-0.3, -0.25) is 4.79 Å². The van der Waals surface area contributed by atoms with Crippen LogP contribution < -0.4 is 5.32 Å². The predicted octanol–water partition coefficient (Wildman–Crippen LogP) is 3.24. The van der Waals surface area contributed by atoms with Crippen LogP contribution in [-0.4, -0.2) is 30.4 Å². The number of halogens is 2. The van der Waals surface area contributed by atoms with Gasteiger partial charge < -0.3 is 10.2 Å². The number of benzene rings is 2. The Balaban J connectivity index is 1.87. The zero-order chi connectivity index (χ0) is 17.1. The Bertz CT molecular complexity index is 735. The molecule has 0 bridgehead atoms. The van der Waals surface area contributed by atoms with Gasteiger partial charge in [-0.05, 0) is 36.2 Å². The van der Waals surface area contributed by atoms with Crippen LogP contribution in [0.15, 0.2) is 48.5 Å². The summed E-state index contributed by atoms with van der Waals surface area (Å²) in [5.41, 5.74) is 1.13. The molecule has 2 aromatic rings. The van der Waals surface area contributed by atoms with E-state index in [0.29, 0.717) is 25.2 Å². The van der Waals surface area contributed by atoms with E-state index in [9.17, 15) is 13.6 Å². The first-order valence-electron chi connectivity index (χ1n) is 8.09. The zero-order valence-electron chi connectivity index (χ0n) is 13.5. The van der Waals surface area contributed by atoms with Gasteiger partial charge in [0, 0.05) is 19.6 Å². The van der Waals surface area contributed by atoms with Gasteiger partial charge in [0.25, 0.3) is 0 Å². The molecule has 2 aromatic carbocycles. The Kier molecular flexibility index (Phi) is 4.90. The summed E-state index contributed by atoms with van der Waals surface area (Å²) in [5.74, 6) is -1.43. The van der Waals surface area contributed by atoms with Crippen LogP contribution in [0.2, 0.25) is 0 Å². The Morgan fingerprint density at radius 3 is 2.75 bits per heavy atom. The van der Waals surface area contributed by atoms with Crippen LogP contribution in [0.25, 0.3) is 0 Å². The smallest absolute Gasteiger partial charge is 0.230 e. The number of nitrogens with zero attached hydrogens (tertiary/aromatic N) is 1. The molecule has 1 saturated heterocycles. The molecule has 1 aliphatic rings. The molecule has 0 aliphatic carbocycles. The average molecular weight is 330 g/mol. The number of carbonyl (C=O) groups is 1. The number of hydrogen-bond donors (Lipinski definition) is 1. The van der Waals surface area contributed by atoms with Crippen LogP contribution in [0, 0.1) is 11.6 Å². The van der Waals surface area contributed by atoms with Gasteiger partial charge in [-0.25, -0.2) is 8.78 Å². The lowest BCUT2D eigenvalue weighted by Gasteiger charge is -2.38. The standard InChI is InChI=1S/C19H20F2N2O/c1-13(16-7-2-3-8-17(16)21)19(24)23-10-9-22-12-18(23)14-5-4-6-15(20)11-14/h2-8,11,13,18,22H,9-10,12H2,1H3. The summed E-state index contributed by atoms with van der Waals surface area (Å²) in [6.07, 6.45) is 0. The molecule has 3 nitrogen and oxygen atoms in total. The van der Waals surface area contributed by atoms with Crippen LogP contribution >= 0.6 is 0 Å². The molecular weight excluding hydrogens is 310 g/mol. The first-order chi connectivity index (χ1) is 11.6. The number of nitrogens with one attached hydrogen (secondary N) is 1. The summed E-state index contributed by atoms with van der Waals surface area (Å²) < 4.78 is 27.6. The molecule has 3 rings (SSSR count). The van der Waals surface area contributed by atoms with E-state index in [4.69, 9.17) is 0 Å². The first-order valence-corrected chi connectivity index (χ1v) is 8.09. The number of amides is 1. The summed E-state index contributed by atoms with van der Waals surface area (Å²) >= 11 is 0. The van der Waals surface area contributed by atoms with E-state index < -0.39 is 5.92 Å². The molecule has 2 atom stereocenters. The number of hydrogen-bond acceptors (Lipinski definition) is 2.